The van der Waals surface area contributed by atoms with Gasteiger partial charge in [-0.3, -0.25) is 0 Å². The molecule has 8 heteroatoms. The fraction of sp³-hybridized carbons (Fsp3) is 0.375. The zero-order valence-corrected chi connectivity index (χ0v) is 15.0. The Morgan fingerprint density at radius 3 is 2.79 bits per heavy atom. The molecule has 24 heavy (non-hydrogen) atoms. The molecule has 3 aromatic heterocycles. The smallest absolute Gasteiger partial charge is 0.321 e. The molecule has 1 N–H and O–H groups in total. The maximum absolute atomic E-state index is 12.3. The van der Waals surface area contributed by atoms with Crippen LogP contribution in [0.5, 0.6) is 0 Å². The Labute approximate surface area is 144 Å². The number of aromatic nitrogens is 4. The number of carbonyl (C=O) groups excluding carboxylic acids is 1. The summed E-state index contributed by atoms with van der Waals surface area (Å²) in [4.78, 5) is 23.6. The number of nitrogens with one attached hydrogen (secondary N) is 1. The minimum absolute atomic E-state index is 0.182. The molecular formula is C16H20N6OS. The first-order valence-corrected chi connectivity index (χ1v) is 8.52. The Hall–Kier alpha value is -2.48. The predicted octanol–water partition coefficient (Wildman–Crippen LogP) is 3.44. The quantitative estimate of drug-likeness (QED) is 0.786. The van der Waals surface area contributed by atoms with Gasteiger partial charge in [-0.05, 0) is 26.8 Å². The molecule has 3 rings (SSSR count). The van der Waals surface area contributed by atoms with E-state index in [2.05, 4.69) is 34.2 Å². The van der Waals surface area contributed by atoms with Gasteiger partial charge in [0.2, 0.25) is 0 Å². The zero-order chi connectivity index (χ0) is 17.3. The third-order valence-electron chi connectivity index (χ3n) is 3.58. The standard InChI is InChI=1S/C16H20N6OS/c1-10(2)22-15-12(6-19-22)5-13(7-18-15)20-16(23)21(4)9-14-8-17-11(3)24-14/h5-8,10H,9H2,1-4H3,(H,20,23). The van der Waals surface area contributed by atoms with Crippen LogP contribution in [0, 0.1) is 6.92 Å². The maximum atomic E-state index is 12.3. The molecule has 7 nitrogen and oxygen atoms in total. The van der Waals surface area contributed by atoms with Gasteiger partial charge in [-0.1, -0.05) is 0 Å². The molecule has 0 saturated carbocycles. The number of rotatable bonds is 4. The van der Waals surface area contributed by atoms with Crippen LogP contribution in [0.25, 0.3) is 11.0 Å². The van der Waals surface area contributed by atoms with Crippen LogP contribution in [-0.2, 0) is 6.54 Å². The molecule has 2 amide bonds. The van der Waals surface area contributed by atoms with E-state index in [4.69, 9.17) is 0 Å². The Bertz CT molecular complexity index is 868. The Morgan fingerprint density at radius 2 is 2.12 bits per heavy atom. The molecule has 0 unspecified atom stereocenters. The number of urea groups is 1. The molecule has 0 aliphatic rings. The first-order valence-electron chi connectivity index (χ1n) is 7.70. The third kappa shape index (κ3) is 3.38. The van der Waals surface area contributed by atoms with Crippen LogP contribution in [-0.4, -0.2) is 37.7 Å². The number of amides is 2. The SMILES string of the molecule is Cc1ncc(CN(C)C(=O)Nc2cnc3c(cnn3C(C)C)c2)s1. The van der Waals surface area contributed by atoms with Crippen molar-refractivity contribution in [3.8, 4) is 0 Å². The Balaban J connectivity index is 1.70. The number of pyridine rings is 1. The molecule has 0 radical (unpaired) electrons. The Kier molecular flexibility index (Phi) is 4.48. The minimum atomic E-state index is -0.182. The number of carbonyl (C=O) groups is 1. The third-order valence-corrected chi connectivity index (χ3v) is 4.48. The van der Waals surface area contributed by atoms with Crippen molar-refractivity contribution in [1.82, 2.24) is 24.6 Å². The summed E-state index contributed by atoms with van der Waals surface area (Å²) in [6.45, 7) is 6.59. The Morgan fingerprint density at radius 1 is 1.33 bits per heavy atom. The highest BCUT2D eigenvalue weighted by Gasteiger charge is 2.13. The molecule has 0 fully saturated rings. The molecule has 0 aliphatic carbocycles. The first kappa shape index (κ1) is 16.4. The van der Waals surface area contributed by atoms with Gasteiger partial charge in [0.05, 0.1) is 29.6 Å². The highest BCUT2D eigenvalue weighted by Crippen LogP contribution is 2.19. The van der Waals surface area contributed by atoms with Gasteiger partial charge in [0.15, 0.2) is 5.65 Å². The average molecular weight is 344 g/mol. The lowest BCUT2D eigenvalue weighted by molar-refractivity contribution is 0.221. The van der Waals surface area contributed by atoms with Crippen molar-refractivity contribution >= 4 is 34.1 Å². The number of nitrogens with zero attached hydrogens (tertiary/aromatic N) is 5. The van der Waals surface area contributed by atoms with E-state index in [1.54, 1.807) is 41.9 Å². The maximum Gasteiger partial charge on any atom is 0.321 e. The number of thiazole rings is 1. The molecule has 3 aromatic rings. The molecule has 0 aromatic carbocycles. The second-order valence-corrected chi connectivity index (χ2v) is 7.27. The van der Waals surface area contributed by atoms with E-state index in [1.165, 1.54) is 0 Å². The lowest BCUT2D eigenvalue weighted by Crippen LogP contribution is -2.30. The second kappa shape index (κ2) is 6.56. The summed E-state index contributed by atoms with van der Waals surface area (Å²) >= 11 is 1.59. The van der Waals surface area contributed by atoms with Crippen LogP contribution in [0.4, 0.5) is 10.5 Å². The van der Waals surface area contributed by atoms with Gasteiger partial charge in [0.1, 0.15) is 0 Å². The summed E-state index contributed by atoms with van der Waals surface area (Å²) < 4.78 is 1.86. The van der Waals surface area contributed by atoms with Crippen molar-refractivity contribution in [2.24, 2.45) is 0 Å². The molecule has 0 bridgehead atoms. The summed E-state index contributed by atoms with van der Waals surface area (Å²) in [7, 11) is 1.76. The number of anilines is 1. The van der Waals surface area contributed by atoms with E-state index in [0.29, 0.717) is 12.2 Å². The van der Waals surface area contributed by atoms with E-state index in [9.17, 15) is 4.79 Å². The minimum Gasteiger partial charge on any atom is -0.322 e. The topological polar surface area (TPSA) is 75.9 Å². The zero-order valence-electron chi connectivity index (χ0n) is 14.1. The monoisotopic (exact) mass is 344 g/mol. The fourth-order valence-corrected chi connectivity index (χ4v) is 3.24. The lowest BCUT2D eigenvalue weighted by atomic mass is 10.3. The summed E-state index contributed by atoms with van der Waals surface area (Å²) in [5, 5.41) is 9.11. The van der Waals surface area contributed by atoms with Gasteiger partial charge in [-0.15, -0.1) is 11.3 Å². The van der Waals surface area contributed by atoms with Crippen molar-refractivity contribution in [2.45, 2.75) is 33.4 Å². The van der Waals surface area contributed by atoms with Crippen LogP contribution < -0.4 is 5.32 Å². The number of fused-ring (bicyclic) bond motifs is 1. The van der Waals surface area contributed by atoms with E-state index in [1.807, 2.05) is 17.7 Å². The first-order chi connectivity index (χ1) is 11.4. The lowest BCUT2D eigenvalue weighted by Gasteiger charge is -2.16. The fourth-order valence-electron chi connectivity index (χ4n) is 2.39. The van der Waals surface area contributed by atoms with Crippen LogP contribution in [0.3, 0.4) is 0 Å². The van der Waals surface area contributed by atoms with Crippen LogP contribution in [0.2, 0.25) is 0 Å². The number of hydrogen-bond donors (Lipinski definition) is 1. The molecule has 0 atom stereocenters. The van der Waals surface area contributed by atoms with Gasteiger partial charge in [0.25, 0.3) is 0 Å². The highest BCUT2D eigenvalue weighted by atomic mass is 32.1. The van der Waals surface area contributed by atoms with Gasteiger partial charge in [0, 0.05) is 29.5 Å². The van der Waals surface area contributed by atoms with E-state index in [-0.39, 0.29) is 12.1 Å². The molecule has 0 aliphatic heterocycles. The molecule has 0 spiro atoms. The van der Waals surface area contributed by atoms with E-state index in [0.717, 1.165) is 20.9 Å². The summed E-state index contributed by atoms with van der Waals surface area (Å²) in [6, 6.07) is 1.94. The predicted molar refractivity (Wildman–Crippen MR) is 95.2 cm³/mol. The van der Waals surface area contributed by atoms with Crippen molar-refractivity contribution < 1.29 is 4.79 Å². The molecule has 0 saturated heterocycles. The van der Waals surface area contributed by atoms with Gasteiger partial charge in [-0.25, -0.2) is 19.4 Å². The van der Waals surface area contributed by atoms with E-state index >= 15 is 0 Å². The number of aryl methyl sites for hydroxylation is 1. The van der Waals surface area contributed by atoms with Crippen LogP contribution in [0.1, 0.15) is 29.8 Å². The summed E-state index contributed by atoms with van der Waals surface area (Å²) in [5.74, 6) is 0. The van der Waals surface area contributed by atoms with Crippen LogP contribution in [0.15, 0.2) is 24.7 Å². The summed E-state index contributed by atoms with van der Waals surface area (Å²) in [6.07, 6.45) is 5.23. The van der Waals surface area contributed by atoms with Crippen molar-refractivity contribution in [2.75, 3.05) is 12.4 Å². The van der Waals surface area contributed by atoms with Gasteiger partial charge >= 0.3 is 6.03 Å². The van der Waals surface area contributed by atoms with Crippen molar-refractivity contribution in [1.29, 1.82) is 0 Å². The molecule has 3 heterocycles. The number of hydrogen-bond acceptors (Lipinski definition) is 5. The van der Waals surface area contributed by atoms with Gasteiger partial charge in [-0.2, -0.15) is 5.10 Å². The van der Waals surface area contributed by atoms with Gasteiger partial charge < -0.3 is 10.2 Å². The second-order valence-electron chi connectivity index (χ2n) is 5.95. The highest BCUT2D eigenvalue weighted by molar-refractivity contribution is 7.11. The van der Waals surface area contributed by atoms with Crippen molar-refractivity contribution in [3.05, 3.63) is 34.5 Å². The van der Waals surface area contributed by atoms with Crippen LogP contribution >= 0.6 is 11.3 Å². The normalized spacial score (nSPS) is 11.2. The van der Waals surface area contributed by atoms with E-state index < -0.39 is 0 Å². The molecular weight excluding hydrogens is 324 g/mol. The average Bonchev–Trinajstić information content (AvgIpc) is 3.12. The summed E-state index contributed by atoms with van der Waals surface area (Å²) in [5.41, 5.74) is 1.47. The molecule has 126 valence electrons. The van der Waals surface area contributed by atoms with Crippen molar-refractivity contribution in [3.63, 3.8) is 0 Å². The largest absolute Gasteiger partial charge is 0.322 e.